The van der Waals surface area contributed by atoms with Crippen LogP contribution in [0.3, 0.4) is 0 Å². The minimum absolute atomic E-state index is 0.0680. The molecule has 0 radical (unpaired) electrons. The highest BCUT2D eigenvalue weighted by atomic mass is 16.5. The summed E-state index contributed by atoms with van der Waals surface area (Å²) in [6.45, 7) is 6.62. The summed E-state index contributed by atoms with van der Waals surface area (Å²) in [4.78, 5) is 36.0. The summed E-state index contributed by atoms with van der Waals surface area (Å²) in [5, 5.41) is 7.06. The van der Waals surface area contributed by atoms with Crippen molar-refractivity contribution in [2.24, 2.45) is 0 Å². The number of rotatable bonds is 6. The predicted molar refractivity (Wildman–Crippen MR) is 115 cm³/mol. The number of aromatic nitrogens is 4. The molecule has 1 aromatic carbocycles. The fraction of sp³-hybridized carbons (Fsp3) is 0.409. The maximum absolute atomic E-state index is 13.2. The number of hydrogen-bond donors (Lipinski definition) is 1. The summed E-state index contributed by atoms with van der Waals surface area (Å²) in [6.07, 6.45) is 2.37. The highest BCUT2D eigenvalue weighted by Gasteiger charge is 2.33. The second kappa shape index (κ2) is 8.71. The highest BCUT2D eigenvalue weighted by molar-refractivity contribution is 5.97. The Kier molecular flexibility index (Phi) is 5.83. The highest BCUT2D eigenvalue weighted by Crippen LogP contribution is 2.33. The molecule has 0 saturated heterocycles. The van der Waals surface area contributed by atoms with Gasteiger partial charge in [0.2, 0.25) is 5.91 Å². The van der Waals surface area contributed by atoms with Crippen LogP contribution in [0.2, 0.25) is 0 Å². The van der Waals surface area contributed by atoms with E-state index in [4.69, 9.17) is 4.74 Å². The maximum atomic E-state index is 13.2. The van der Waals surface area contributed by atoms with Crippen LogP contribution in [-0.4, -0.2) is 50.6 Å². The Balaban J connectivity index is 1.54. The normalized spacial score (nSPS) is 15.5. The van der Waals surface area contributed by atoms with Crippen LogP contribution in [0.15, 0.2) is 30.6 Å². The van der Waals surface area contributed by atoms with E-state index in [1.807, 2.05) is 39.0 Å². The molecule has 9 nitrogen and oxygen atoms in total. The summed E-state index contributed by atoms with van der Waals surface area (Å²) < 4.78 is 7.56. The average molecular weight is 422 g/mol. The summed E-state index contributed by atoms with van der Waals surface area (Å²) in [5.74, 6) is 0.813. The largest absolute Gasteiger partial charge is 0.477 e. The molecule has 3 heterocycles. The van der Waals surface area contributed by atoms with Gasteiger partial charge in [-0.05, 0) is 44.4 Å². The average Bonchev–Trinajstić information content (AvgIpc) is 3.24. The number of ether oxygens (including phenoxy) is 1. The Morgan fingerprint density at radius 2 is 2.06 bits per heavy atom. The molecule has 0 fully saturated rings. The monoisotopic (exact) mass is 422 g/mol. The zero-order valence-electron chi connectivity index (χ0n) is 18.0. The van der Waals surface area contributed by atoms with Gasteiger partial charge in [-0.15, -0.1) is 0 Å². The van der Waals surface area contributed by atoms with E-state index in [1.165, 1.54) is 6.33 Å². The Hall–Kier alpha value is -3.49. The molecule has 1 N–H and O–H groups in total. The molecular weight excluding hydrogens is 396 g/mol. The Morgan fingerprint density at radius 1 is 1.26 bits per heavy atom. The smallest absolute Gasteiger partial charge is 0.262 e. The van der Waals surface area contributed by atoms with Gasteiger partial charge in [0.15, 0.2) is 6.10 Å². The first-order valence-electron chi connectivity index (χ1n) is 10.5. The lowest BCUT2D eigenvalue weighted by Gasteiger charge is -2.34. The van der Waals surface area contributed by atoms with Crippen LogP contribution in [0.5, 0.6) is 5.75 Å². The van der Waals surface area contributed by atoms with E-state index >= 15 is 0 Å². The molecule has 1 aliphatic heterocycles. The van der Waals surface area contributed by atoms with Crippen molar-refractivity contribution >= 4 is 23.3 Å². The zero-order valence-corrected chi connectivity index (χ0v) is 18.0. The third kappa shape index (κ3) is 4.08. The van der Waals surface area contributed by atoms with Crippen LogP contribution < -0.4 is 15.0 Å². The molecule has 2 amide bonds. The number of hydrogen-bond acceptors (Lipinski definition) is 6. The van der Waals surface area contributed by atoms with Gasteiger partial charge in [0.05, 0.1) is 12.2 Å². The first kappa shape index (κ1) is 20.8. The van der Waals surface area contributed by atoms with Crippen LogP contribution in [-0.2, 0) is 16.0 Å². The van der Waals surface area contributed by atoms with Crippen molar-refractivity contribution in [2.75, 3.05) is 18.0 Å². The number of nitrogens with one attached hydrogen (secondary N) is 1. The van der Waals surface area contributed by atoms with Crippen LogP contribution in [0.1, 0.15) is 36.7 Å². The molecule has 0 aliphatic carbocycles. The van der Waals surface area contributed by atoms with Gasteiger partial charge in [-0.2, -0.15) is 10.1 Å². The quantitative estimate of drug-likeness (QED) is 0.652. The number of aryl methyl sites for hydroxylation is 2. The molecule has 31 heavy (non-hydrogen) atoms. The second-order valence-corrected chi connectivity index (χ2v) is 7.60. The van der Waals surface area contributed by atoms with Gasteiger partial charge in [0.25, 0.3) is 11.7 Å². The molecule has 1 atom stereocenters. The van der Waals surface area contributed by atoms with Crippen LogP contribution in [0, 0.1) is 13.8 Å². The van der Waals surface area contributed by atoms with Gasteiger partial charge in [0, 0.05) is 24.4 Å². The predicted octanol–water partition coefficient (Wildman–Crippen LogP) is 1.99. The fourth-order valence-corrected chi connectivity index (χ4v) is 3.85. The molecule has 3 aromatic rings. The summed E-state index contributed by atoms with van der Waals surface area (Å²) in [7, 11) is 0. The lowest BCUT2D eigenvalue weighted by atomic mass is 10.1. The van der Waals surface area contributed by atoms with Gasteiger partial charge < -0.3 is 15.0 Å². The van der Waals surface area contributed by atoms with E-state index in [1.54, 1.807) is 15.5 Å². The lowest BCUT2D eigenvalue weighted by Crippen LogP contribution is -2.51. The van der Waals surface area contributed by atoms with E-state index in [-0.39, 0.29) is 24.8 Å². The van der Waals surface area contributed by atoms with E-state index < -0.39 is 6.10 Å². The molecular formula is C22H26N6O3. The fourth-order valence-electron chi connectivity index (χ4n) is 3.85. The van der Waals surface area contributed by atoms with E-state index in [0.29, 0.717) is 30.2 Å². The topological polar surface area (TPSA) is 102 Å². The number of benzene rings is 1. The third-order valence-corrected chi connectivity index (χ3v) is 5.49. The number of amides is 2. The van der Waals surface area contributed by atoms with Crippen LogP contribution in [0.25, 0.3) is 5.78 Å². The van der Waals surface area contributed by atoms with Crippen molar-refractivity contribution in [3.05, 3.63) is 47.5 Å². The van der Waals surface area contributed by atoms with Gasteiger partial charge in [-0.1, -0.05) is 19.1 Å². The van der Waals surface area contributed by atoms with Crippen LogP contribution >= 0.6 is 0 Å². The summed E-state index contributed by atoms with van der Waals surface area (Å²) in [5.41, 5.74) is 3.42. The van der Waals surface area contributed by atoms with Crippen molar-refractivity contribution < 1.29 is 14.3 Å². The van der Waals surface area contributed by atoms with Gasteiger partial charge in [0.1, 0.15) is 12.1 Å². The number of fused-ring (bicyclic) bond motifs is 2. The van der Waals surface area contributed by atoms with Gasteiger partial charge in [-0.25, -0.2) is 9.50 Å². The zero-order chi connectivity index (χ0) is 22.0. The molecule has 9 heteroatoms. The number of para-hydroxylation sites is 2. The van der Waals surface area contributed by atoms with Crippen molar-refractivity contribution in [1.82, 2.24) is 24.9 Å². The second-order valence-electron chi connectivity index (χ2n) is 7.60. The van der Waals surface area contributed by atoms with Gasteiger partial charge in [-0.3, -0.25) is 9.59 Å². The maximum Gasteiger partial charge on any atom is 0.262 e. The first-order chi connectivity index (χ1) is 15.0. The molecule has 2 aromatic heterocycles. The summed E-state index contributed by atoms with van der Waals surface area (Å²) >= 11 is 0. The molecule has 0 unspecified atom stereocenters. The van der Waals surface area contributed by atoms with E-state index in [2.05, 4.69) is 20.4 Å². The van der Waals surface area contributed by atoms with Crippen molar-refractivity contribution in [1.29, 1.82) is 0 Å². The van der Waals surface area contributed by atoms with E-state index in [9.17, 15) is 9.59 Å². The van der Waals surface area contributed by atoms with E-state index in [0.717, 1.165) is 23.4 Å². The molecule has 0 saturated carbocycles. The number of carbonyl (C=O) groups is 2. The van der Waals surface area contributed by atoms with Crippen molar-refractivity contribution in [3.8, 4) is 5.75 Å². The molecule has 4 rings (SSSR count). The molecule has 1 aliphatic rings. The van der Waals surface area contributed by atoms with Crippen molar-refractivity contribution in [2.45, 2.75) is 46.1 Å². The Labute approximate surface area is 180 Å². The van der Waals surface area contributed by atoms with Crippen LogP contribution in [0.4, 0.5) is 5.69 Å². The SMILES string of the molecule is CCCNC(=O)[C@H]1CN(C(=O)CCc2c(C)nc3ncnn3c2C)c2ccccc2O1. The Morgan fingerprint density at radius 3 is 2.87 bits per heavy atom. The number of anilines is 1. The standard InChI is InChI=1S/C22H26N6O3/c1-4-11-23-21(30)19-12-27(17-7-5-6-8-18(17)31-19)20(29)10-9-16-14(2)26-22-24-13-25-28(22)15(16)3/h5-8,13,19H,4,9-12H2,1-3H3,(H,23,30)/t19-/m1/s1. The lowest BCUT2D eigenvalue weighted by molar-refractivity contribution is -0.128. The number of carbonyl (C=O) groups excluding carboxylic acids is 2. The van der Waals surface area contributed by atoms with Gasteiger partial charge >= 0.3 is 0 Å². The third-order valence-electron chi connectivity index (χ3n) is 5.49. The number of nitrogens with zero attached hydrogens (tertiary/aromatic N) is 5. The minimum Gasteiger partial charge on any atom is -0.477 e. The minimum atomic E-state index is -0.734. The molecule has 0 spiro atoms. The molecule has 162 valence electrons. The Bertz CT molecular complexity index is 1130. The first-order valence-corrected chi connectivity index (χ1v) is 10.5. The summed E-state index contributed by atoms with van der Waals surface area (Å²) in [6, 6.07) is 7.31. The molecule has 0 bridgehead atoms. The van der Waals surface area contributed by atoms with Crippen molar-refractivity contribution in [3.63, 3.8) is 0 Å².